The van der Waals surface area contributed by atoms with Crippen molar-refractivity contribution < 1.29 is 19.5 Å². The average Bonchev–Trinajstić information content (AvgIpc) is 3.13. The highest BCUT2D eigenvalue weighted by Gasteiger charge is 2.32. The smallest absolute Gasteiger partial charge is 0.325 e. The van der Waals surface area contributed by atoms with Crippen LogP contribution >= 0.6 is 0 Å². The standard InChI is InChI=1S/C29H32N4O4/c1-20-8-5-6-11-24(20)32-29(37)31-23-14-12-21(13-15-23)18-26(34)25-19-33(17-7-16-30-25)27(28(35)36)22-9-3-2-4-10-22/h2-6,8-15,25,27,30H,7,16-19H2,1H3,(H,35,36)(H2,31,32,37). The van der Waals surface area contributed by atoms with E-state index in [1.54, 1.807) is 12.1 Å². The number of Topliss-reactive ketones (excluding diaryl/α,β-unsaturated/α-hetero) is 1. The van der Waals surface area contributed by atoms with Crippen molar-refractivity contribution in [1.29, 1.82) is 0 Å². The lowest BCUT2D eigenvalue weighted by atomic mass is 10.0. The van der Waals surface area contributed by atoms with Crippen LogP contribution in [0.1, 0.15) is 29.2 Å². The second-order valence-corrected chi connectivity index (χ2v) is 9.24. The van der Waals surface area contributed by atoms with Gasteiger partial charge in [-0.25, -0.2) is 4.79 Å². The number of hydrogen-bond donors (Lipinski definition) is 4. The first-order chi connectivity index (χ1) is 17.9. The molecule has 1 heterocycles. The number of aliphatic carboxylic acids is 1. The van der Waals surface area contributed by atoms with Crippen LogP contribution in [-0.4, -0.2) is 53.5 Å². The minimum absolute atomic E-state index is 0.00195. The summed E-state index contributed by atoms with van der Waals surface area (Å²) in [6, 6.07) is 22.2. The van der Waals surface area contributed by atoms with Gasteiger partial charge in [0.15, 0.2) is 5.78 Å². The molecule has 1 saturated heterocycles. The molecule has 0 aliphatic carbocycles. The van der Waals surface area contributed by atoms with Crippen molar-refractivity contribution in [3.63, 3.8) is 0 Å². The molecule has 0 radical (unpaired) electrons. The van der Waals surface area contributed by atoms with Crippen molar-refractivity contribution in [3.8, 4) is 0 Å². The molecule has 2 atom stereocenters. The number of nitrogens with one attached hydrogen (secondary N) is 3. The second-order valence-electron chi connectivity index (χ2n) is 9.24. The molecule has 0 spiro atoms. The van der Waals surface area contributed by atoms with Gasteiger partial charge in [0.1, 0.15) is 6.04 Å². The quantitative estimate of drug-likeness (QED) is 0.368. The van der Waals surface area contributed by atoms with Gasteiger partial charge in [-0.3, -0.25) is 14.5 Å². The molecular formula is C29H32N4O4. The number of para-hydroxylation sites is 1. The Morgan fingerprint density at radius 1 is 0.973 bits per heavy atom. The highest BCUT2D eigenvalue weighted by molar-refractivity contribution is 6.00. The number of carbonyl (C=O) groups excluding carboxylic acids is 2. The van der Waals surface area contributed by atoms with Crippen LogP contribution in [0.3, 0.4) is 0 Å². The van der Waals surface area contributed by atoms with Crippen LogP contribution in [0, 0.1) is 6.92 Å². The van der Waals surface area contributed by atoms with E-state index in [4.69, 9.17) is 0 Å². The van der Waals surface area contributed by atoms with Crippen LogP contribution < -0.4 is 16.0 Å². The number of carbonyl (C=O) groups is 3. The molecular weight excluding hydrogens is 468 g/mol. The van der Waals surface area contributed by atoms with E-state index < -0.39 is 18.1 Å². The maximum atomic E-state index is 13.2. The van der Waals surface area contributed by atoms with E-state index in [-0.39, 0.29) is 18.2 Å². The molecule has 1 aliphatic heterocycles. The van der Waals surface area contributed by atoms with E-state index in [0.29, 0.717) is 30.9 Å². The first-order valence-electron chi connectivity index (χ1n) is 12.4. The van der Waals surface area contributed by atoms with Crippen LogP contribution in [-0.2, 0) is 16.0 Å². The number of anilines is 2. The maximum Gasteiger partial charge on any atom is 0.325 e. The fourth-order valence-electron chi connectivity index (χ4n) is 4.57. The third kappa shape index (κ3) is 7.03. The lowest BCUT2D eigenvalue weighted by molar-refractivity contribution is -0.144. The summed E-state index contributed by atoms with van der Waals surface area (Å²) in [6.45, 7) is 3.48. The first-order valence-corrected chi connectivity index (χ1v) is 12.4. The Balaban J connectivity index is 1.36. The number of benzene rings is 3. The van der Waals surface area contributed by atoms with Crippen LogP contribution in [0.5, 0.6) is 0 Å². The van der Waals surface area contributed by atoms with E-state index in [2.05, 4.69) is 16.0 Å². The normalized spacial score (nSPS) is 16.8. The van der Waals surface area contributed by atoms with Crippen molar-refractivity contribution in [1.82, 2.24) is 10.2 Å². The second kappa shape index (κ2) is 12.3. The van der Waals surface area contributed by atoms with Crippen LogP contribution in [0.2, 0.25) is 0 Å². The molecule has 2 unspecified atom stereocenters. The molecule has 0 saturated carbocycles. The third-order valence-electron chi connectivity index (χ3n) is 6.52. The number of nitrogens with zero attached hydrogens (tertiary/aromatic N) is 1. The molecule has 1 aliphatic rings. The zero-order valence-electron chi connectivity index (χ0n) is 20.8. The van der Waals surface area contributed by atoms with Gasteiger partial charge in [-0.2, -0.15) is 0 Å². The molecule has 1 fully saturated rings. The van der Waals surface area contributed by atoms with Gasteiger partial charge in [0.25, 0.3) is 0 Å². The first kappa shape index (κ1) is 26.1. The molecule has 4 rings (SSSR count). The van der Waals surface area contributed by atoms with Crippen molar-refractivity contribution in [2.45, 2.75) is 31.8 Å². The van der Waals surface area contributed by atoms with Gasteiger partial charge >= 0.3 is 12.0 Å². The van der Waals surface area contributed by atoms with Crippen molar-refractivity contribution >= 4 is 29.2 Å². The minimum Gasteiger partial charge on any atom is -0.480 e. The Morgan fingerprint density at radius 2 is 1.68 bits per heavy atom. The van der Waals surface area contributed by atoms with Gasteiger partial charge in [0.05, 0.1) is 6.04 Å². The molecule has 2 amide bonds. The maximum absolute atomic E-state index is 13.2. The average molecular weight is 501 g/mol. The summed E-state index contributed by atoms with van der Waals surface area (Å²) in [6.07, 6.45) is 0.968. The Kier molecular flexibility index (Phi) is 8.66. The summed E-state index contributed by atoms with van der Waals surface area (Å²) in [4.78, 5) is 39.5. The van der Waals surface area contributed by atoms with Crippen LogP contribution in [0.4, 0.5) is 16.2 Å². The third-order valence-corrected chi connectivity index (χ3v) is 6.52. The topological polar surface area (TPSA) is 111 Å². The van der Waals surface area contributed by atoms with E-state index in [1.807, 2.05) is 78.6 Å². The summed E-state index contributed by atoms with van der Waals surface area (Å²) in [5.41, 5.74) is 3.86. The number of ketones is 1. The molecule has 0 bridgehead atoms. The van der Waals surface area contributed by atoms with E-state index in [1.165, 1.54) is 0 Å². The van der Waals surface area contributed by atoms with Gasteiger partial charge in [0.2, 0.25) is 0 Å². The van der Waals surface area contributed by atoms with Gasteiger partial charge in [-0.1, -0.05) is 60.7 Å². The number of carboxylic acid groups (broad SMARTS) is 1. The lowest BCUT2D eigenvalue weighted by Gasteiger charge is -2.29. The van der Waals surface area contributed by atoms with Crippen molar-refractivity contribution in [3.05, 3.63) is 95.6 Å². The molecule has 0 aromatic heterocycles. The number of rotatable bonds is 8. The highest BCUT2D eigenvalue weighted by atomic mass is 16.4. The van der Waals surface area contributed by atoms with Crippen molar-refractivity contribution in [2.75, 3.05) is 30.3 Å². The highest BCUT2D eigenvalue weighted by Crippen LogP contribution is 2.23. The van der Waals surface area contributed by atoms with E-state index in [9.17, 15) is 19.5 Å². The van der Waals surface area contributed by atoms with Crippen LogP contribution in [0.15, 0.2) is 78.9 Å². The van der Waals surface area contributed by atoms with E-state index >= 15 is 0 Å². The molecule has 192 valence electrons. The summed E-state index contributed by atoms with van der Waals surface area (Å²) < 4.78 is 0. The summed E-state index contributed by atoms with van der Waals surface area (Å²) >= 11 is 0. The fourth-order valence-corrected chi connectivity index (χ4v) is 4.57. The molecule has 3 aromatic rings. The fraction of sp³-hybridized carbons (Fsp3) is 0.276. The molecule has 8 nitrogen and oxygen atoms in total. The Labute approximate surface area is 216 Å². The Bertz CT molecular complexity index is 1230. The predicted molar refractivity (Wildman–Crippen MR) is 144 cm³/mol. The van der Waals surface area contributed by atoms with Crippen LogP contribution in [0.25, 0.3) is 0 Å². The molecule has 3 aromatic carbocycles. The largest absolute Gasteiger partial charge is 0.480 e. The minimum atomic E-state index is -0.922. The number of urea groups is 1. The van der Waals surface area contributed by atoms with Crippen molar-refractivity contribution in [2.24, 2.45) is 0 Å². The number of hydrogen-bond acceptors (Lipinski definition) is 5. The monoisotopic (exact) mass is 500 g/mol. The number of aryl methyl sites for hydroxylation is 1. The summed E-state index contributed by atoms with van der Waals surface area (Å²) in [7, 11) is 0. The van der Waals surface area contributed by atoms with Gasteiger partial charge in [-0.05, 0) is 54.8 Å². The summed E-state index contributed by atoms with van der Waals surface area (Å²) in [5, 5.41) is 18.9. The van der Waals surface area contributed by atoms with E-state index in [0.717, 1.165) is 23.2 Å². The zero-order valence-corrected chi connectivity index (χ0v) is 20.8. The SMILES string of the molecule is Cc1ccccc1NC(=O)Nc1ccc(CC(=O)C2CN(C(C(=O)O)c3ccccc3)CCCN2)cc1. The van der Waals surface area contributed by atoms with Gasteiger partial charge in [0, 0.05) is 30.9 Å². The lowest BCUT2D eigenvalue weighted by Crippen LogP contribution is -2.46. The molecule has 4 N–H and O–H groups in total. The Morgan fingerprint density at radius 3 is 2.38 bits per heavy atom. The molecule has 37 heavy (non-hydrogen) atoms. The Hall–Kier alpha value is -4.01. The predicted octanol–water partition coefficient (Wildman–Crippen LogP) is 4.24. The zero-order chi connectivity index (χ0) is 26.2. The number of carboxylic acids is 1. The number of amides is 2. The van der Waals surface area contributed by atoms with Gasteiger partial charge in [-0.15, -0.1) is 0 Å². The van der Waals surface area contributed by atoms with Gasteiger partial charge < -0.3 is 21.1 Å². The summed E-state index contributed by atoms with van der Waals surface area (Å²) in [5.74, 6) is -0.920. The molecule has 8 heteroatoms.